The van der Waals surface area contributed by atoms with Crippen molar-refractivity contribution in [2.45, 2.75) is 45.6 Å². The van der Waals surface area contributed by atoms with Gasteiger partial charge in [0.25, 0.3) is 0 Å². The molecule has 1 saturated heterocycles. The van der Waals surface area contributed by atoms with Crippen LogP contribution in [-0.4, -0.2) is 41.9 Å². The second-order valence-corrected chi connectivity index (χ2v) is 5.52. The summed E-state index contributed by atoms with van der Waals surface area (Å²) in [4.78, 5) is 17.8. The van der Waals surface area contributed by atoms with E-state index < -0.39 is 0 Å². The molecule has 0 unspecified atom stereocenters. The highest BCUT2D eigenvalue weighted by Gasteiger charge is 2.16. The van der Waals surface area contributed by atoms with Gasteiger partial charge in [0.2, 0.25) is 5.91 Å². The van der Waals surface area contributed by atoms with Gasteiger partial charge in [0.05, 0.1) is 0 Å². The molecule has 0 atom stereocenters. The minimum atomic E-state index is -0.123. The van der Waals surface area contributed by atoms with Gasteiger partial charge in [0.15, 0.2) is 5.96 Å². The largest absolute Gasteiger partial charge is 0.370 e. The third-order valence-electron chi connectivity index (χ3n) is 2.60. The minimum Gasteiger partial charge on any atom is -0.370 e. The fourth-order valence-electron chi connectivity index (χ4n) is 1.82. The van der Waals surface area contributed by atoms with Gasteiger partial charge in [-0.05, 0) is 40.0 Å². The number of piperidine rings is 1. The number of carbonyl (C=O) groups excluding carboxylic acids is 1. The van der Waals surface area contributed by atoms with Gasteiger partial charge in [-0.3, -0.25) is 4.79 Å². The Morgan fingerprint density at radius 3 is 2.41 bits per heavy atom. The highest BCUT2D eigenvalue weighted by Crippen LogP contribution is 2.08. The summed E-state index contributed by atoms with van der Waals surface area (Å²) in [5, 5.41) is 3.03. The first-order chi connectivity index (χ1) is 7.88. The molecule has 1 amide bonds. The number of rotatable bonds is 2. The molecule has 1 rings (SSSR count). The molecule has 1 heterocycles. The summed E-state index contributed by atoms with van der Waals surface area (Å²) in [6, 6.07) is 0. The maximum atomic E-state index is 11.8. The van der Waals surface area contributed by atoms with Gasteiger partial charge in [0, 0.05) is 18.6 Å². The average molecular weight is 240 g/mol. The third kappa shape index (κ3) is 5.56. The van der Waals surface area contributed by atoms with Gasteiger partial charge in [-0.2, -0.15) is 0 Å². The molecule has 98 valence electrons. The lowest BCUT2D eigenvalue weighted by atomic mass is 10.1. The molecule has 17 heavy (non-hydrogen) atoms. The van der Waals surface area contributed by atoms with E-state index in [0.717, 1.165) is 25.9 Å². The molecule has 3 N–H and O–H groups in total. The summed E-state index contributed by atoms with van der Waals surface area (Å²) >= 11 is 0. The molecule has 0 aromatic carbocycles. The Hall–Kier alpha value is -1.26. The molecule has 0 radical (unpaired) electrons. The van der Waals surface area contributed by atoms with E-state index in [4.69, 9.17) is 5.73 Å². The Bertz CT molecular complexity index is 287. The summed E-state index contributed by atoms with van der Waals surface area (Å²) in [6.07, 6.45) is 3.43. The molecule has 1 fully saturated rings. The summed E-state index contributed by atoms with van der Waals surface area (Å²) < 4.78 is 0. The zero-order valence-electron chi connectivity index (χ0n) is 11.1. The molecule has 0 aromatic heterocycles. The van der Waals surface area contributed by atoms with Gasteiger partial charge in [0.1, 0.15) is 6.54 Å². The standard InChI is InChI=1S/C12H24N4O/c1-12(2,3)15-11(13)14-9-10(17)16-7-5-4-6-8-16/h4-9H2,1-3H3,(H3,13,14,15). The lowest BCUT2D eigenvalue weighted by Gasteiger charge is -2.26. The molecular formula is C12H24N4O. The first-order valence-electron chi connectivity index (χ1n) is 6.24. The summed E-state index contributed by atoms with van der Waals surface area (Å²) in [5.74, 6) is 0.409. The van der Waals surface area contributed by atoms with Crippen LogP contribution >= 0.6 is 0 Å². The maximum absolute atomic E-state index is 11.8. The van der Waals surface area contributed by atoms with E-state index in [9.17, 15) is 4.79 Å². The summed E-state index contributed by atoms with van der Waals surface area (Å²) in [6.45, 7) is 7.88. The van der Waals surface area contributed by atoms with E-state index in [1.165, 1.54) is 6.42 Å². The molecule has 0 aliphatic carbocycles. The molecule has 0 spiro atoms. The Morgan fingerprint density at radius 2 is 1.88 bits per heavy atom. The molecule has 0 aromatic rings. The van der Waals surface area contributed by atoms with E-state index in [2.05, 4.69) is 10.3 Å². The zero-order chi connectivity index (χ0) is 12.9. The highest BCUT2D eigenvalue weighted by atomic mass is 16.2. The normalized spacial score (nSPS) is 18.1. The maximum Gasteiger partial charge on any atom is 0.244 e. The van der Waals surface area contributed by atoms with Crippen molar-refractivity contribution in [3.05, 3.63) is 0 Å². The molecule has 5 nitrogen and oxygen atoms in total. The predicted octanol–water partition coefficient (Wildman–Crippen LogP) is 0.702. The predicted molar refractivity (Wildman–Crippen MR) is 69.8 cm³/mol. The number of nitrogens with two attached hydrogens (primary N) is 1. The van der Waals surface area contributed by atoms with Crippen LogP contribution in [0, 0.1) is 0 Å². The minimum absolute atomic E-state index is 0.0726. The van der Waals surface area contributed by atoms with E-state index in [-0.39, 0.29) is 18.0 Å². The Labute approximate surface area is 103 Å². The number of hydrogen-bond donors (Lipinski definition) is 2. The topological polar surface area (TPSA) is 70.7 Å². The third-order valence-corrected chi connectivity index (χ3v) is 2.60. The summed E-state index contributed by atoms with van der Waals surface area (Å²) in [5.41, 5.74) is 5.58. The Morgan fingerprint density at radius 1 is 1.29 bits per heavy atom. The van der Waals surface area contributed by atoms with Crippen molar-refractivity contribution in [1.29, 1.82) is 0 Å². The van der Waals surface area contributed by atoms with Crippen LogP contribution in [0.4, 0.5) is 0 Å². The Kier molecular flexibility index (Phi) is 4.78. The number of amides is 1. The van der Waals surface area contributed by atoms with Gasteiger partial charge < -0.3 is 16.0 Å². The molecule has 5 heteroatoms. The number of guanidine groups is 1. The van der Waals surface area contributed by atoms with E-state index >= 15 is 0 Å². The lowest BCUT2D eigenvalue weighted by molar-refractivity contribution is -0.130. The molecule has 1 aliphatic rings. The van der Waals surface area contributed by atoms with Crippen molar-refractivity contribution in [3.8, 4) is 0 Å². The molecular weight excluding hydrogens is 216 g/mol. The van der Waals surface area contributed by atoms with Crippen LogP contribution in [0.1, 0.15) is 40.0 Å². The van der Waals surface area contributed by atoms with Crippen LogP contribution in [0.2, 0.25) is 0 Å². The molecule has 0 bridgehead atoms. The van der Waals surface area contributed by atoms with Crippen molar-refractivity contribution in [2.75, 3.05) is 19.6 Å². The number of nitrogens with one attached hydrogen (secondary N) is 1. The second kappa shape index (κ2) is 5.89. The van der Waals surface area contributed by atoms with Crippen LogP contribution in [0.15, 0.2) is 4.99 Å². The van der Waals surface area contributed by atoms with Crippen LogP contribution in [0.5, 0.6) is 0 Å². The smallest absolute Gasteiger partial charge is 0.244 e. The first kappa shape index (κ1) is 13.8. The lowest BCUT2D eigenvalue weighted by Crippen LogP contribution is -2.45. The number of likely N-dealkylation sites (tertiary alicyclic amines) is 1. The number of carbonyl (C=O) groups is 1. The van der Waals surface area contributed by atoms with E-state index in [0.29, 0.717) is 5.96 Å². The van der Waals surface area contributed by atoms with Crippen LogP contribution < -0.4 is 11.1 Å². The fourth-order valence-corrected chi connectivity index (χ4v) is 1.82. The van der Waals surface area contributed by atoms with Gasteiger partial charge in [-0.1, -0.05) is 0 Å². The molecule has 0 saturated carbocycles. The van der Waals surface area contributed by atoms with Gasteiger partial charge in [-0.15, -0.1) is 0 Å². The Balaban J connectivity index is 2.38. The number of aliphatic imine (C=N–C) groups is 1. The van der Waals surface area contributed by atoms with E-state index in [1.54, 1.807) is 0 Å². The highest BCUT2D eigenvalue weighted by molar-refractivity contribution is 5.84. The monoisotopic (exact) mass is 240 g/mol. The number of nitrogens with zero attached hydrogens (tertiary/aromatic N) is 2. The van der Waals surface area contributed by atoms with Crippen molar-refractivity contribution < 1.29 is 4.79 Å². The zero-order valence-corrected chi connectivity index (χ0v) is 11.1. The van der Waals surface area contributed by atoms with Crippen molar-refractivity contribution in [1.82, 2.24) is 10.2 Å². The van der Waals surface area contributed by atoms with Crippen molar-refractivity contribution in [3.63, 3.8) is 0 Å². The first-order valence-corrected chi connectivity index (χ1v) is 6.24. The quantitative estimate of drug-likeness (QED) is 0.551. The number of hydrogen-bond acceptors (Lipinski definition) is 2. The van der Waals surface area contributed by atoms with Crippen LogP contribution in [0.3, 0.4) is 0 Å². The van der Waals surface area contributed by atoms with Crippen molar-refractivity contribution in [2.24, 2.45) is 10.7 Å². The van der Waals surface area contributed by atoms with Gasteiger partial charge in [-0.25, -0.2) is 4.99 Å². The molecule has 1 aliphatic heterocycles. The second-order valence-electron chi connectivity index (χ2n) is 5.52. The average Bonchev–Trinajstić information content (AvgIpc) is 2.25. The SMILES string of the molecule is CC(C)(C)NC(N)=NCC(=O)N1CCCCC1. The van der Waals surface area contributed by atoms with Crippen molar-refractivity contribution >= 4 is 11.9 Å². The van der Waals surface area contributed by atoms with Gasteiger partial charge >= 0.3 is 0 Å². The van der Waals surface area contributed by atoms with Crippen LogP contribution in [-0.2, 0) is 4.79 Å². The van der Waals surface area contributed by atoms with Crippen LogP contribution in [0.25, 0.3) is 0 Å². The summed E-state index contributed by atoms with van der Waals surface area (Å²) in [7, 11) is 0. The van der Waals surface area contributed by atoms with E-state index in [1.807, 2.05) is 25.7 Å². The fraction of sp³-hybridized carbons (Fsp3) is 0.833.